The van der Waals surface area contributed by atoms with Crippen molar-refractivity contribution in [1.82, 2.24) is 58.8 Å². The Kier molecular flexibility index (Phi) is 28.7. The van der Waals surface area contributed by atoms with Gasteiger partial charge in [0.2, 0.25) is 0 Å². The summed E-state index contributed by atoms with van der Waals surface area (Å²) in [6.07, 6.45) is 43.3. The van der Waals surface area contributed by atoms with Crippen LogP contribution < -0.4 is 0 Å². The number of aromatic nitrogens is 12. The van der Waals surface area contributed by atoms with E-state index in [1.807, 2.05) is 153 Å². The van der Waals surface area contributed by atoms with Crippen LogP contribution in [0.2, 0.25) is 0 Å². The number of aliphatic carboxylic acids is 2. The molecule has 692 valence electrons. The zero-order chi connectivity index (χ0) is 93.2. The minimum Gasteiger partial charge on any atom is -0.481 e. The lowest BCUT2D eigenvalue weighted by Gasteiger charge is -2.22. The molecule has 0 spiro atoms. The zero-order valence-corrected chi connectivity index (χ0v) is 78.6. The van der Waals surface area contributed by atoms with E-state index in [9.17, 15) is 19.2 Å². The number of carboxylic acid groups (broad SMARTS) is 2. The fourth-order valence-electron chi connectivity index (χ4n) is 20.9. The Morgan fingerprint density at radius 3 is 0.716 bits per heavy atom. The maximum absolute atomic E-state index is 11.6. The van der Waals surface area contributed by atoms with Crippen molar-refractivity contribution < 1.29 is 57.0 Å². The van der Waals surface area contributed by atoms with Gasteiger partial charge in [-0.15, -0.1) is 0 Å². The first-order chi connectivity index (χ1) is 65.0. The predicted molar refractivity (Wildman–Crippen MR) is 521 cm³/mol. The molecule has 4 fully saturated rings. The number of carbonyl (C=O) groups excluding carboxylic acids is 2. The number of aryl methyl sites for hydroxylation is 8. The number of rotatable bonds is 24. The van der Waals surface area contributed by atoms with Crippen LogP contribution in [-0.4, -0.2) is 107 Å². The predicted octanol–water partition coefficient (Wildman–Crippen LogP) is 24.9. The molecule has 0 radical (unpaired) electrons. The van der Waals surface area contributed by atoms with E-state index in [1.165, 1.54) is 143 Å². The van der Waals surface area contributed by atoms with Crippen molar-refractivity contribution in [3.05, 3.63) is 239 Å². The monoisotopic (exact) mass is 1800 g/mol. The minimum absolute atomic E-state index is 0.0305. The third-order valence-corrected chi connectivity index (χ3v) is 27.8. The number of esters is 2. The van der Waals surface area contributed by atoms with Crippen molar-refractivity contribution >= 4 is 68.0 Å². The van der Waals surface area contributed by atoms with Crippen LogP contribution in [0.3, 0.4) is 0 Å². The number of methoxy groups -OCH3 is 2. The molecule has 2 N–H and O–H groups in total. The molecule has 134 heavy (non-hydrogen) atoms. The van der Waals surface area contributed by atoms with Gasteiger partial charge < -0.3 is 56.0 Å². The zero-order valence-electron chi connectivity index (χ0n) is 78.6. The van der Waals surface area contributed by atoms with Crippen molar-refractivity contribution in [2.45, 2.75) is 236 Å². The number of nitrogens with zero attached hydrogens (tertiary/aromatic N) is 12. The van der Waals surface area contributed by atoms with Crippen LogP contribution in [0.4, 0.5) is 0 Å². The highest BCUT2D eigenvalue weighted by Crippen LogP contribution is 2.43. The molecule has 4 aromatic carbocycles. The molecule has 24 nitrogen and oxygen atoms in total. The van der Waals surface area contributed by atoms with Crippen LogP contribution in [0, 0.1) is 79.1 Å². The van der Waals surface area contributed by atoms with E-state index in [0.717, 1.165) is 227 Å². The Hall–Kier alpha value is -13.6. The highest BCUT2D eigenvalue weighted by Gasteiger charge is 2.28. The Morgan fingerprint density at radius 1 is 0.306 bits per heavy atom. The summed E-state index contributed by atoms with van der Waals surface area (Å²) in [5.41, 5.74) is 32.2. The van der Waals surface area contributed by atoms with Gasteiger partial charge in [-0.05, 0) is 199 Å². The number of benzene rings is 4. The summed E-state index contributed by atoms with van der Waals surface area (Å²) in [6.45, 7) is 19.6. The van der Waals surface area contributed by atoms with Gasteiger partial charge in [0.05, 0.1) is 107 Å². The van der Waals surface area contributed by atoms with Gasteiger partial charge in [-0.1, -0.05) is 195 Å². The van der Waals surface area contributed by atoms with Crippen LogP contribution in [0.1, 0.15) is 196 Å². The molecule has 0 atom stereocenters. The Bertz CT molecular complexity index is 6770. The average Bonchev–Trinajstić information content (AvgIpc) is 1.63. The molecule has 4 aliphatic rings. The van der Waals surface area contributed by atoms with E-state index in [-0.39, 0.29) is 37.6 Å². The average molecular weight is 1800 g/mol. The van der Waals surface area contributed by atoms with Gasteiger partial charge in [0.25, 0.3) is 0 Å². The van der Waals surface area contributed by atoms with Crippen LogP contribution in [0.25, 0.3) is 133 Å². The van der Waals surface area contributed by atoms with Crippen LogP contribution in [0.15, 0.2) is 189 Å². The molecule has 12 heterocycles. The van der Waals surface area contributed by atoms with Crippen molar-refractivity contribution in [1.29, 1.82) is 0 Å². The highest BCUT2D eigenvalue weighted by atomic mass is 16.5. The van der Waals surface area contributed by atoms with Crippen molar-refractivity contribution in [2.75, 3.05) is 14.2 Å². The van der Waals surface area contributed by atoms with Gasteiger partial charge in [-0.2, -0.15) is 0 Å². The Morgan fingerprint density at radius 2 is 0.515 bits per heavy atom. The number of carboxylic acids is 2. The summed E-state index contributed by atoms with van der Waals surface area (Å²) in [5, 5.41) is 34.7. The van der Waals surface area contributed by atoms with Gasteiger partial charge in [0.15, 0.2) is 0 Å². The SMILES string of the molecule is COC(=O)Cc1ccc(-c2cn(CC3CCCC3)c3cc(-c4c(C)noc4C)cnc23)cc1.COC(=O)Cc1ccc(-c2cn(CC3CCCCC3)c3cc(-c4c(C)noc4C)cnc23)cc1.Cc1noc(C)c1-c1cnc2c(-c3ccc(CC(=O)O)cc3)cn(CC3CCCCC3)c2c1.Cc1noc(C)c1-c1cnc2c(-c3ccc(CC(=O)O)cc3)cn(CC3CCCCCC3)c2c1. The fourth-order valence-corrected chi connectivity index (χ4v) is 20.9. The lowest BCUT2D eigenvalue weighted by molar-refractivity contribution is -0.140. The molecule has 0 saturated heterocycles. The highest BCUT2D eigenvalue weighted by molar-refractivity contribution is 5.99. The van der Waals surface area contributed by atoms with E-state index in [2.05, 4.69) is 112 Å². The summed E-state index contributed by atoms with van der Waals surface area (Å²) in [4.78, 5) is 65.0. The lowest BCUT2D eigenvalue weighted by atomic mass is 9.89. The molecule has 0 aliphatic heterocycles. The summed E-state index contributed by atoms with van der Waals surface area (Å²) < 4.78 is 40.7. The molecule has 0 amide bonds. The molecule has 4 aliphatic carbocycles. The molecule has 0 unspecified atom stereocenters. The van der Waals surface area contributed by atoms with Gasteiger partial charge in [-0.3, -0.25) is 39.1 Å². The van der Waals surface area contributed by atoms with E-state index >= 15 is 0 Å². The van der Waals surface area contributed by atoms with E-state index in [0.29, 0.717) is 23.7 Å². The molecule has 12 aromatic heterocycles. The second-order valence-electron chi connectivity index (χ2n) is 37.4. The van der Waals surface area contributed by atoms with Crippen molar-refractivity contribution in [2.24, 2.45) is 23.7 Å². The normalized spacial score (nSPS) is 14.6. The van der Waals surface area contributed by atoms with Gasteiger partial charge in [-0.25, -0.2) is 0 Å². The number of hydrogen-bond acceptors (Lipinski definition) is 18. The molecular weight excluding hydrogens is 1680 g/mol. The largest absolute Gasteiger partial charge is 0.481 e. The number of carbonyl (C=O) groups is 4. The van der Waals surface area contributed by atoms with Gasteiger partial charge in [0.1, 0.15) is 23.0 Å². The Labute approximate surface area is 780 Å². The minimum atomic E-state index is -0.819. The molecule has 24 heteroatoms. The molecule has 4 saturated carbocycles. The number of hydrogen-bond donors (Lipinski definition) is 2. The molecular formula is C110H120N12O12. The third-order valence-electron chi connectivity index (χ3n) is 27.8. The first-order valence-electron chi connectivity index (χ1n) is 47.7. The van der Waals surface area contributed by atoms with E-state index in [4.69, 9.17) is 57.7 Å². The summed E-state index contributed by atoms with van der Waals surface area (Å²) in [7, 11) is 2.83. The number of fused-ring (bicyclic) bond motifs is 4. The van der Waals surface area contributed by atoms with Crippen LogP contribution in [-0.2, 0) is 80.5 Å². The van der Waals surface area contributed by atoms with Crippen LogP contribution >= 0.6 is 0 Å². The first kappa shape index (κ1) is 92.2. The summed E-state index contributed by atoms with van der Waals surface area (Å²) >= 11 is 0. The molecule has 16 aromatic rings. The Balaban J connectivity index is 0.000000124. The summed E-state index contributed by atoms with van der Waals surface area (Å²) in [6, 6.07) is 40.7. The second-order valence-corrected chi connectivity index (χ2v) is 37.4. The van der Waals surface area contributed by atoms with Gasteiger partial charge >= 0.3 is 23.9 Å². The topological polar surface area (TPSA) is 303 Å². The molecule has 0 bridgehead atoms. The van der Waals surface area contributed by atoms with E-state index < -0.39 is 11.9 Å². The van der Waals surface area contributed by atoms with Crippen molar-refractivity contribution in [3.63, 3.8) is 0 Å². The third kappa shape index (κ3) is 21.0. The van der Waals surface area contributed by atoms with Crippen LogP contribution in [0.5, 0.6) is 0 Å². The number of ether oxygens (including phenoxy) is 2. The summed E-state index contributed by atoms with van der Waals surface area (Å²) in [5.74, 6) is 3.88. The second kappa shape index (κ2) is 41.7. The standard InChI is InChI=1S/2C28H31N3O3.2C27H29N3O3/c1-18-27(19(2)34-30-18)23-14-25-28(29-15-23)24(17-31(25)16-21-7-5-4-6-8-21)22-11-9-20(10-12-22)13-26(32)33-3;1-18-27(19(2)34-30-18)23-14-25-28(29-15-23)24(22-11-9-20(10-12-22)13-26(32)33)17-31(25)16-21-7-5-3-4-6-8-21;1-17-26(18(2)33-29-17)22-13-24-27(28-14-22)23(16-30(24)15-20-6-4-5-7-20)21-10-8-19(9-11-21)12-25(31)32-3;1-17-26(18(2)33-29-17)22-13-24-27(28-14-22)23(16-30(24)15-20-6-4-3-5-7-20)21-10-8-19(9-11-21)12-25(31)32/h9-12,14-15,17,21H,4-8,13,16H2,1-3H3;9-12,14-15,17,21H,3-8,13,16H2,1-2H3,(H,32,33);8-11,13-14,16,20H,4-7,12,15H2,1-3H3;8-11,13-14,16,20H,3-7,12,15H2,1-2H3,(H,31,32). The fraction of sp³-hybridized carbons (Fsp3) is 0.382. The first-order valence-corrected chi connectivity index (χ1v) is 47.7. The van der Waals surface area contributed by atoms with Crippen molar-refractivity contribution in [3.8, 4) is 89.0 Å². The maximum Gasteiger partial charge on any atom is 0.309 e. The lowest BCUT2D eigenvalue weighted by Crippen LogP contribution is -2.13. The smallest absolute Gasteiger partial charge is 0.309 e. The van der Waals surface area contributed by atoms with E-state index in [1.54, 1.807) is 0 Å². The maximum atomic E-state index is 11.6. The van der Waals surface area contributed by atoms with Gasteiger partial charge in [0, 0.05) is 143 Å². The number of pyridine rings is 4. The molecule has 20 rings (SSSR count). The quantitative estimate of drug-likeness (QED) is 0.0419.